The number of nitrogens with zero attached hydrogens (tertiary/aromatic N) is 2. The predicted molar refractivity (Wildman–Crippen MR) is 132 cm³/mol. The molecule has 9 heteroatoms. The molecule has 7 nitrogen and oxygen atoms in total. The van der Waals surface area contributed by atoms with Crippen molar-refractivity contribution in [1.29, 1.82) is 0 Å². The van der Waals surface area contributed by atoms with Crippen molar-refractivity contribution in [2.75, 3.05) is 17.7 Å². The Hall–Kier alpha value is -3.43. The molecule has 2 aromatic heterocycles. The van der Waals surface area contributed by atoms with E-state index in [0.717, 1.165) is 6.42 Å². The first-order chi connectivity index (χ1) is 16.1. The Bertz CT molecular complexity index is 1330. The lowest BCUT2D eigenvalue weighted by atomic mass is 10.2. The smallest absolute Gasteiger partial charge is 0.338 e. The molecule has 0 atom stereocenters. The van der Waals surface area contributed by atoms with Gasteiger partial charge in [0.05, 0.1) is 29.0 Å². The summed E-state index contributed by atoms with van der Waals surface area (Å²) in [7, 11) is 0. The van der Waals surface area contributed by atoms with Gasteiger partial charge in [-0.15, -0.1) is 11.3 Å². The van der Waals surface area contributed by atoms with Crippen molar-refractivity contribution in [3.63, 3.8) is 0 Å². The highest BCUT2D eigenvalue weighted by Gasteiger charge is 2.16. The Morgan fingerprint density at radius 3 is 2.58 bits per heavy atom. The van der Waals surface area contributed by atoms with Gasteiger partial charge in [0.2, 0.25) is 5.91 Å². The molecule has 4 aromatic rings. The van der Waals surface area contributed by atoms with Crippen molar-refractivity contribution in [2.45, 2.75) is 18.5 Å². The molecule has 0 aliphatic heterocycles. The van der Waals surface area contributed by atoms with Crippen molar-refractivity contribution in [2.24, 2.45) is 0 Å². The summed E-state index contributed by atoms with van der Waals surface area (Å²) in [6.07, 6.45) is 0.754. The highest BCUT2D eigenvalue weighted by Crippen LogP contribution is 2.24. The fraction of sp³-hybridized carbons (Fsp3) is 0.167. The first-order valence-electron chi connectivity index (χ1n) is 10.3. The molecular formula is C24H21N3O4S2. The molecule has 2 aromatic carbocycles. The molecule has 0 unspecified atom stereocenters. The number of ether oxygens (including phenoxy) is 1. The van der Waals surface area contributed by atoms with Crippen molar-refractivity contribution in [3.05, 3.63) is 82.0 Å². The summed E-state index contributed by atoms with van der Waals surface area (Å²) in [6.45, 7) is 2.30. The highest BCUT2D eigenvalue weighted by atomic mass is 32.2. The van der Waals surface area contributed by atoms with Gasteiger partial charge in [-0.05, 0) is 54.3 Å². The Morgan fingerprint density at radius 2 is 1.85 bits per heavy atom. The Labute approximate surface area is 198 Å². The zero-order chi connectivity index (χ0) is 23.2. The largest absolute Gasteiger partial charge is 0.462 e. The lowest BCUT2D eigenvalue weighted by molar-refractivity contribution is -0.113. The van der Waals surface area contributed by atoms with Crippen LogP contribution >= 0.6 is 23.1 Å². The number of hydrogen-bond donors (Lipinski definition) is 1. The molecule has 0 radical (unpaired) electrons. The van der Waals surface area contributed by atoms with Crippen LogP contribution in [0.25, 0.3) is 15.9 Å². The molecule has 0 aliphatic carbocycles. The summed E-state index contributed by atoms with van der Waals surface area (Å²) < 4.78 is 6.64. The van der Waals surface area contributed by atoms with Gasteiger partial charge in [0.15, 0.2) is 5.16 Å². The number of carbonyl (C=O) groups is 2. The van der Waals surface area contributed by atoms with Crippen LogP contribution in [0.5, 0.6) is 0 Å². The molecule has 0 aliphatic rings. The maximum atomic E-state index is 13.1. The second-order valence-corrected chi connectivity index (χ2v) is 8.90. The predicted octanol–water partition coefficient (Wildman–Crippen LogP) is 4.74. The van der Waals surface area contributed by atoms with Gasteiger partial charge in [0.1, 0.15) is 4.83 Å². The number of nitrogens with one attached hydrogen (secondary N) is 1. The number of amides is 1. The SMILES string of the molecule is CCCOC(=O)c1ccc(NC(=O)CSc2nc3sccc3c(=O)n2-c2ccccc2)cc1. The summed E-state index contributed by atoms with van der Waals surface area (Å²) in [5.74, 6) is -0.572. The number of para-hydroxylation sites is 1. The molecule has 1 N–H and O–H groups in total. The van der Waals surface area contributed by atoms with Gasteiger partial charge >= 0.3 is 5.97 Å². The van der Waals surface area contributed by atoms with E-state index in [9.17, 15) is 14.4 Å². The first-order valence-corrected chi connectivity index (χ1v) is 12.2. The van der Waals surface area contributed by atoms with Gasteiger partial charge in [-0.25, -0.2) is 9.78 Å². The van der Waals surface area contributed by atoms with Gasteiger partial charge in [0.25, 0.3) is 5.56 Å². The second-order valence-electron chi connectivity index (χ2n) is 7.06. The zero-order valence-electron chi connectivity index (χ0n) is 17.8. The zero-order valence-corrected chi connectivity index (χ0v) is 19.4. The van der Waals surface area contributed by atoms with Crippen LogP contribution in [0.3, 0.4) is 0 Å². The molecule has 1 amide bonds. The maximum Gasteiger partial charge on any atom is 0.338 e. The van der Waals surface area contributed by atoms with Crippen LogP contribution < -0.4 is 10.9 Å². The van der Waals surface area contributed by atoms with Crippen LogP contribution in [-0.2, 0) is 9.53 Å². The summed E-state index contributed by atoms with van der Waals surface area (Å²) in [4.78, 5) is 42.8. The molecule has 4 rings (SSSR count). The van der Waals surface area contributed by atoms with E-state index < -0.39 is 0 Å². The van der Waals surface area contributed by atoms with Crippen LogP contribution in [-0.4, -0.2) is 33.8 Å². The molecule has 0 saturated carbocycles. The summed E-state index contributed by atoms with van der Waals surface area (Å²) in [5.41, 5.74) is 1.52. The van der Waals surface area contributed by atoms with Gasteiger partial charge < -0.3 is 10.1 Å². The number of rotatable bonds is 8. The van der Waals surface area contributed by atoms with Crippen molar-refractivity contribution in [3.8, 4) is 5.69 Å². The normalized spacial score (nSPS) is 10.8. The van der Waals surface area contributed by atoms with Crippen LogP contribution in [0.2, 0.25) is 0 Å². The molecular weight excluding hydrogens is 458 g/mol. The Morgan fingerprint density at radius 1 is 1.09 bits per heavy atom. The average Bonchev–Trinajstić information content (AvgIpc) is 3.31. The van der Waals surface area contributed by atoms with Crippen LogP contribution in [0.4, 0.5) is 5.69 Å². The van der Waals surface area contributed by atoms with E-state index in [-0.39, 0.29) is 23.2 Å². The lowest BCUT2D eigenvalue weighted by Gasteiger charge is -2.12. The van der Waals surface area contributed by atoms with Crippen molar-refractivity contribution in [1.82, 2.24) is 9.55 Å². The molecule has 33 heavy (non-hydrogen) atoms. The highest BCUT2D eigenvalue weighted by molar-refractivity contribution is 7.99. The Kier molecular flexibility index (Phi) is 7.21. The van der Waals surface area contributed by atoms with E-state index in [1.54, 1.807) is 30.3 Å². The third kappa shape index (κ3) is 5.32. The number of benzene rings is 2. The standard InChI is InChI=1S/C24H21N3O4S2/c1-2-13-31-23(30)16-8-10-17(11-9-16)25-20(28)15-33-24-26-21-19(12-14-32-21)22(29)27(24)18-6-4-3-5-7-18/h3-12,14H,2,13,15H2,1H3,(H,25,28). The molecule has 2 heterocycles. The molecule has 0 bridgehead atoms. The number of esters is 1. The van der Waals surface area contributed by atoms with Crippen molar-refractivity contribution >= 4 is 50.9 Å². The second kappa shape index (κ2) is 10.5. The van der Waals surface area contributed by atoms with Crippen LogP contribution in [0.1, 0.15) is 23.7 Å². The number of anilines is 1. The number of aromatic nitrogens is 2. The minimum absolute atomic E-state index is 0.0659. The molecule has 0 spiro atoms. The fourth-order valence-corrected chi connectivity index (χ4v) is 4.71. The van der Waals surface area contributed by atoms with Crippen LogP contribution in [0.15, 0.2) is 76.0 Å². The van der Waals surface area contributed by atoms with E-state index in [0.29, 0.717) is 38.9 Å². The van der Waals surface area contributed by atoms with Gasteiger partial charge in [-0.3, -0.25) is 14.2 Å². The van der Waals surface area contributed by atoms with E-state index >= 15 is 0 Å². The van der Waals surface area contributed by atoms with Gasteiger partial charge in [-0.1, -0.05) is 36.9 Å². The number of hydrogen-bond acceptors (Lipinski definition) is 7. The third-order valence-corrected chi connectivity index (χ3v) is 6.40. The third-order valence-electron chi connectivity index (χ3n) is 4.66. The minimum atomic E-state index is -0.390. The quantitative estimate of drug-likeness (QED) is 0.223. The number of carbonyl (C=O) groups excluding carboxylic acids is 2. The van der Waals surface area contributed by atoms with E-state index in [4.69, 9.17) is 4.74 Å². The average molecular weight is 480 g/mol. The maximum absolute atomic E-state index is 13.1. The summed E-state index contributed by atoms with van der Waals surface area (Å²) in [5, 5.41) is 5.63. The number of fused-ring (bicyclic) bond motifs is 1. The summed E-state index contributed by atoms with van der Waals surface area (Å²) >= 11 is 2.58. The van der Waals surface area contributed by atoms with Gasteiger partial charge in [-0.2, -0.15) is 0 Å². The van der Waals surface area contributed by atoms with Crippen LogP contribution in [0, 0.1) is 0 Å². The minimum Gasteiger partial charge on any atom is -0.462 e. The molecule has 0 fully saturated rings. The number of thiophene rings is 1. The Balaban J connectivity index is 1.48. The summed E-state index contributed by atoms with van der Waals surface area (Å²) in [6, 6.07) is 17.5. The van der Waals surface area contributed by atoms with E-state index in [1.165, 1.54) is 27.7 Å². The monoisotopic (exact) mass is 479 g/mol. The lowest BCUT2D eigenvalue weighted by Crippen LogP contribution is -2.22. The van der Waals surface area contributed by atoms with Gasteiger partial charge in [0, 0.05) is 5.69 Å². The molecule has 0 saturated heterocycles. The fourth-order valence-electron chi connectivity index (χ4n) is 3.09. The van der Waals surface area contributed by atoms with E-state index in [1.807, 2.05) is 42.6 Å². The van der Waals surface area contributed by atoms with E-state index in [2.05, 4.69) is 10.3 Å². The first kappa shape index (κ1) is 22.8. The van der Waals surface area contributed by atoms with Crippen molar-refractivity contribution < 1.29 is 14.3 Å². The number of thioether (sulfide) groups is 1. The topological polar surface area (TPSA) is 90.3 Å². The molecule has 168 valence electrons.